The van der Waals surface area contributed by atoms with Gasteiger partial charge in [0.15, 0.2) is 0 Å². The number of thiazole rings is 1. The third-order valence-corrected chi connectivity index (χ3v) is 16.5. The topological polar surface area (TPSA) is 162 Å². The lowest BCUT2D eigenvalue weighted by molar-refractivity contribution is -0.156. The van der Waals surface area contributed by atoms with Gasteiger partial charge < -0.3 is 28.8 Å². The van der Waals surface area contributed by atoms with Crippen molar-refractivity contribution in [3.63, 3.8) is 0 Å². The second-order valence-corrected chi connectivity index (χ2v) is 21.0. The second-order valence-electron chi connectivity index (χ2n) is 20.1. The van der Waals surface area contributed by atoms with Crippen molar-refractivity contribution >= 4 is 40.0 Å². The number of rotatable bonds is 8. The number of amides is 2. The van der Waals surface area contributed by atoms with Crippen LogP contribution in [0, 0.1) is 11.3 Å². The number of fused-ring (bicyclic) bond motifs is 12. The zero-order chi connectivity index (χ0) is 46.7. The van der Waals surface area contributed by atoms with Gasteiger partial charge >= 0.3 is 5.97 Å². The molecule has 1 aliphatic carbocycles. The summed E-state index contributed by atoms with van der Waals surface area (Å²) in [7, 11) is 1.74. The van der Waals surface area contributed by atoms with Crippen molar-refractivity contribution in [3.05, 3.63) is 87.8 Å². The Morgan fingerprint density at radius 3 is 2.82 bits per heavy atom. The maximum atomic E-state index is 14.9. The fourth-order valence-corrected chi connectivity index (χ4v) is 12.4. The van der Waals surface area contributed by atoms with Crippen LogP contribution in [-0.2, 0) is 46.3 Å². The average molecular weight is 943 g/mol. The van der Waals surface area contributed by atoms with Gasteiger partial charge in [-0.1, -0.05) is 19.1 Å². The standard InChI is InChI=1S/C52H62N8O7S/c1-5-59-43-12-11-32-22-36(43)39(46(59)38-23-33(26-54-44(38)30(2)64-4)31-13-17-58-18-20-65-27-34(58)21-31)25-52(3)14-19-66-47(49-55-42(32)28-68-49)45(50(62)60-16-8-10-41(57-60)51(63)67-29-52)56-48(61)37-24-35(37)40-9-6-7-15-53-40/h6-7,9,11-12,15,22-23,26,28,30-31,34-35,37,41,45,47,57H,5,8,10,13-14,16-21,24-25,27,29H2,1-4H3,(H,56,61)/t30-,31+,34?,35+,37+,41-,45-,47?,52?/m0/s1. The van der Waals surface area contributed by atoms with E-state index in [2.05, 4.69) is 76.4 Å². The summed E-state index contributed by atoms with van der Waals surface area (Å²) in [5, 5.41) is 8.34. The van der Waals surface area contributed by atoms with Crippen molar-refractivity contribution in [1.29, 1.82) is 0 Å². The monoisotopic (exact) mass is 942 g/mol. The van der Waals surface area contributed by atoms with E-state index in [1.54, 1.807) is 13.3 Å². The number of methoxy groups -OCH3 is 1. The van der Waals surface area contributed by atoms with Crippen LogP contribution in [0.15, 0.2) is 60.2 Å². The molecule has 4 saturated heterocycles. The van der Waals surface area contributed by atoms with Gasteiger partial charge in [-0.3, -0.25) is 34.3 Å². The number of morpholine rings is 1. The lowest BCUT2D eigenvalue weighted by Gasteiger charge is -2.42. The number of cyclic esters (lactones) is 1. The van der Waals surface area contributed by atoms with Crippen LogP contribution >= 0.6 is 11.3 Å². The number of aryl methyl sites for hydroxylation is 1. The molecule has 8 bridgehead atoms. The molecule has 9 heterocycles. The molecule has 3 unspecified atom stereocenters. The largest absolute Gasteiger partial charge is 0.464 e. The van der Waals surface area contributed by atoms with Crippen LogP contribution in [0.3, 0.4) is 0 Å². The van der Waals surface area contributed by atoms with E-state index in [-0.39, 0.29) is 43.0 Å². The average Bonchev–Trinajstić information content (AvgIpc) is 3.93. The summed E-state index contributed by atoms with van der Waals surface area (Å²) in [5.41, 5.74) is 11.5. The lowest BCUT2D eigenvalue weighted by Crippen LogP contribution is -2.61. The highest BCUT2D eigenvalue weighted by Gasteiger charge is 2.48. The molecule has 0 radical (unpaired) electrons. The minimum Gasteiger partial charge on any atom is -0.464 e. The number of benzene rings is 1. The summed E-state index contributed by atoms with van der Waals surface area (Å²) in [4.78, 5) is 60.9. The molecule has 0 spiro atoms. The number of carbonyl (C=O) groups is 3. The molecule has 6 aliphatic rings. The van der Waals surface area contributed by atoms with E-state index in [0.717, 1.165) is 89.5 Å². The second kappa shape index (κ2) is 18.7. The Kier molecular flexibility index (Phi) is 12.4. The van der Waals surface area contributed by atoms with Crippen molar-refractivity contribution in [3.8, 4) is 22.5 Å². The molecule has 11 rings (SSSR count). The molecule has 2 amide bonds. The Balaban J connectivity index is 1.04. The summed E-state index contributed by atoms with van der Waals surface area (Å²) >= 11 is 1.42. The van der Waals surface area contributed by atoms with E-state index in [1.807, 2.05) is 23.6 Å². The molecule has 358 valence electrons. The van der Waals surface area contributed by atoms with Crippen LogP contribution in [0.25, 0.3) is 33.4 Å². The molecule has 16 heteroatoms. The minimum absolute atomic E-state index is 0.0371. The summed E-state index contributed by atoms with van der Waals surface area (Å²) in [6.07, 6.45) is 7.44. The molecular formula is C52H62N8O7S. The maximum absolute atomic E-state index is 14.9. The summed E-state index contributed by atoms with van der Waals surface area (Å²) < 4.78 is 27.7. The molecule has 68 heavy (non-hydrogen) atoms. The molecule has 1 aromatic carbocycles. The normalized spacial score (nSPS) is 29.2. The van der Waals surface area contributed by atoms with E-state index in [0.29, 0.717) is 62.2 Å². The van der Waals surface area contributed by atoms with Crippen LogP contribution in [0.1, 0.15) is 111 Å². The summed E-state index contributed by atoms with van der Waals surface area (Å²) in [6.45, 7) is 11.4. The lowest BCUT2D eigenvalue weighted by atomic mass is 9.79. The molecule has 15 nitrogen and oxygen atoms in total. The fraction of sp³-hybridized carbons (Fsp3) is 0.538. The number of hydrazine groups is 1. The van der Waals surface area contributed by atoms with Crippen LogP contribution in [0.4, 0.5) is 0 Å². The number of esters is 1. The molecule has 5 aromatic rings. The van der Waals surface area contributed by atoms with Crippen molar-refractivity contribution < 1.29 is 33.3 Å². The quantitative estimate of drug-likeness (QED) is 0.156. The van der Waals surface area contributed by atoms with Gasteiger partial charge in [0.25, 0.3) is 5.91 Å². The first-order chi connectivity index (χ1) is 33.1. The number of piperidine rings is 1. The van der Waals surface area contributed by atoms with Crippen molar-refractivity contribution in [2.45, 2.75) is 114 Å². The number of hydrogen-bond acceptors (Lipinski definition) is 13. The number of carbonyl (C=O) groups excluding carboxylic acids is 3. The number of nitrogens with zero attached hydrogens (tertiary/aromatic N) is 6. The molecule has 9 atom stereocenters. The number of nitrogens with one attached hydrogen (secondary N) is 2. The van der Waals surface area contributed by atoms with Gasteiger partial charge in [-0.05, 0) is 113 Å². The zero-order valence-electron chi connectivity index (χ0n) is 39.4. The zero-order valence-corrected chi connectivity index (χ0v) is 40.3. The number of pyridine rings is 2. The highest BCUT2D eigenvalue weighted by Crippen LogP contribution is 2.48. The van der Waals surface area contributed by atoms with Crippen LogP contribution < -0.4 is 10.7 Å². The molecule has 4 aromatic heterocycles. The third kappa shape index (κ3) is 8.55. The highest BCUT2D eigenvalue weighted by molar-refractivity contribution is 7.10. The van der Waals surface area contributed by atoms with Gasteiger partial charge in [0.1, 0.15) is 23.2 Å². The predicted molar refractivity (Wildman–Crippen MR) is 256 cm³/mol. The fourth-order valence-electron chi connectivity index (χ4n) is 11.5. The Morgan fingerprint density at radius 2 is 1.99 bits per heavy atom. The first-order valence-corrected chi connectivity index (χ1v) is 25.5. The SMILES string of the molecule is CCn1c(-c2cc([C@@H]3CCN4CCOCC4C3)cnc2[C@H](C)OC)c2c3cc(ccc31)-c1csc(n1)C1OCCC(C)(COC(=O)[C@@H]3CCCN(N3)C(=O)[C@H]1NC(=O)[C@@H]1C[C@H]1c1ccccn1)C2. The van der Waals surface area contributed by atoms with Crippen LogP contribution in [0.5, 0.6) is 0 Å². The smallest absolute Gasteiger partial charge is 0.324 e. The van der Waals surface area contributed by atoms with Crippen molar-refractivity contribution in [2.75, 3.05) is 53.2 Å². The van der Waals surface area contributed by atoms with E-state index >= 15 is 0 Å². The van der Waals surface area contributed by atoms with E-state index in [1.165, 1.54) is 21.9 Å². The molecule has 1 saturated carbocycles. The predicted octanol–water partition coefficient (Wildman–Crippen LogP) is 6.88. The first kappa shape index (κ1) is 45.3. The van der Waals surface area contributed by atoms with Gasteiger partial charge in [0.2, 0.25) is 5.91 Å². The van der Waals surface area contributed by atoms with Gasteiger partial charge in [0.05, 0.1) is 43.0 Å². The van der Waals surface area contributed by atoms with Crippen LogP contribution in [0.2, 0.25) is 0 Å². The number of ether oxygens (including phenoxy) is 4. The van der Waals surface area contributed by atoms with E-state index < -0.39 is 29.6 Å². The van der Waals surface area contributed by atoms with Crippen molar-refractivity contribution in [2.24, 2.45) is 11.3 Å². The van der Waals surface area contributed by atoms with Gasteiger partial charge in [-0.25, -0.2) is 10.4 Å². The minimum atomic E-state index is -1.12. The highest BCUT2D eigenvalue weighted by atomic mass is 32.1. The van der Waals surface area contributed by atoms with Gasteiger partial charge in [-0.2, -0.15) is 0 Å². The van der Waals surface area contributed by atoms with E-state index in [4.69, 9.17) is 28.9 Å². The Morgan fingerprint density at radius 1 is 1.09 bits per heavy atom. The summed E-state index contributed by atoms with van der Waals surface area (Å²) in [5.74, 6) is -1.07. The van der Waals surface area contributed by atoms with Gasteiger partial charge in [-0.15, -0.1) is 11.3 Å². The number of hydrogen-bond donors (Lipinski definition) is 2. The molecule has 5 aliphatic heterocycles. The maximum Gasteiger partial charge on any atom is 0.324 e. The van der Waals surface area contributed by atoms with Crippen molar-refractivity contribution in [1.82, 2.24) is 40.2 Å². The molecule has 5 fully saturated rings. The summed E-state index contributed by atoms with van der Waals surface area (Å²) in [6, 6.07) is 13.2. The Labute approximate surface area is 401 Å². The Bertz CT molecular complexity index is 2710. The molecular weight excluding hydrogens is 881 g/mol. The van der Waals surface area contributed by atoms with Crippen LogP contribution in [-0.4, -0.2) is 119 Å². The van der Waals surface area contributed by atoms with Gasteiger partial charge in [0, 0.05) is 102 Å². The van der Waals surface area contributed by atoms with E-state index in [9.17, 15) is 14.4 Å². The molecule has 2 N–H and O–H groups in total. The Hall–Kier alpha value is -5.10. The number of aromatic nitrogens is 4. The first-order valence-electron chi connectivity index (χ1n) is 24.6. The third-order valence-electron chi connectivity index (χ3n) is 15.6.